The Labute approximate surface area is 161 Å². The summed E-state index contributed by atoms with van der Waals surface area (Å²) in [7, 11) is 0. The number of hydrogen-bond donors (Lipinski definition) is 1. The number of rotatable bonds is 8. The number of hydrogen-bond acceptors (Lipinski definition) is 3. The Balaban J connectivity index is 1.84. The lowest BCUT2D eigenvalue weighted by atomic mass is 9.94. The van der Waals surface area contributed by atoms with Gasteiger partial charge in [-0.3, -0.25) is 4.79 Å². The highest BCUT2D eigenvalue weighted by Gasteiger charge is 2.22. The molecular weight excluding hydrogens is 338 g/mol. The van der Waals surface area contributed by atoms with Crippen molar-refractivity contribution in [3.8, 4) is 0 Å². The van der Waals surface area contributed by atoms with Gasteiger partial charge < -0.3 is 10.1 Å². The van der Waals surface area contributed by atoms with Crippen molar-refractivity contribution in [3.63, 3.8) is 0 Å². The third-order valence-electron chi connectivity index (χ3n) is 4.54. The highest BCUT2D eigenvalue weighted by molar-refractivity contribution is 5.94. The molecule has 0 spiro atoms. The van der Waals surface area contributed by atoms with E-state index < -0.39 is 0 Å². The van der Waals surface area contributed by atoms with Gasteiger partial charge in [-0.25, -0.2) is 4.79 Å². The first-order valence-electron chi connectivity index (χ1n) is 9.48. The van der Waals surface area contributed by atoms with Crippen LogP contribution >= 0.6 is 0 Å². The summed E-state index contributed by atoms with van der Waals surface area (Å²) in [6.45, 7) is 8.72. The molecule has 1 amide bonds. The van der Waals surface area contributed by atoms with E-state index in [1.165, 1.54) is 11.1 Å². The number of carbonyl (C=O) groups is 2. The molecule has 0 atom stereocenters. The van der Waals surface area contributed by atoms with Gasteiger partial charge in [-0.05, 0) is 48.2 Å². The van der Waals surface area contributed by atoms with Crippen LogP contribution < -0.4 is 5.32 Å². The molecule has 0 fully saturated rings. The van der Waals surface area contributed by atoms with E-state index in [2.05, 4.69) is 19.2 Å². The molecule has 0 bridgehead atoms. The van der Waals surface area contributed by atoms with Crippen molar-refractivity contribution >= 4 is 11.9 Å². The lowest BCUT2D eigenvalue weighted by Crippen LogP contribution is -2.37. The predicted octanol–water partition coefficient (Wildman–Crippen LogP) is 4.42. The highest BCUT2D eigenvalue weighted by Crippen LogP contribution is 2.16. The molecule has 2 rings (SSSR count). The largest absolute Gasteiger partial charge is 0.461 e. The molecule has 27 heavy (non-hydrogen) atoms. The van der Waals surface area contributed by atoms with Crippen LogP contribution in [0.15, 0.2) is 48.5 Å². The monoisotopic (exact) mass is 367 g/mol. The maximum Gasteiger partial charge on any atom is 0.338 e. The second kappa shape index (κ2) is 9.36. The van der Waals surface area contributed by atoms with Gasteiger partial charge in [-0.15, -0.1) is 0 Å². The summed E-state index contributed by atoms with van der Waals surface area (Å²) in [5.74, 6) is -0.459. The van der Waals surface area contributed by atoms with Crippen LogP contribution in [0.1, 0.15) is 59.5 Å². The van der Waals surface area contributed by atoms with Gasteiger partial charge in [0.15, 0.2) is 0 Å². The summed E-state index contributed by atoms with van der Waals surface area (Å²) in [6.07, 6.45) is 1.88. The van der Waals surface area contributed by atoms with Crippen molar-refractivity contribution in [1.29, 1.82) is 0 Å². The molecule has 0 saturated carbocycles. The van der Waals surface area contributed by atoms with Gasteiger partial charge in [0.1, 0.15) is 0 Å². The third-order valence-corrected chi connectivity index (χ3v) is 4.54. The molecule has 0 heterocycles. The molecule has 0 radical (unpaired) electrons. The van der Waals surface area contributed by atoms with E-state index in [1.54, 1.807) is 12.1 Å². The van der Waals surface area contributed by atoms with Gasteiger partial charge in [0.05, 0.1) is 12.2 Å². The fraction of sp³-hybridized carbons (Fsp3) is 0.391. The summed E-state index contributed by atoms with van der Waals surface area (Å²) >= 11 is 0. The molecule has 0 saturated heterocycles. The maximum absolute atomic E-state index is 12.3. The van der Waals surface area contributed by atoms with Gasteiger partial charge in [0, 0.05) is 17.5 Å². The van der Waals surface area contributed by atoms with Crippen LogP contribution in [0.3, 0.4) is 0 Å². The fourth-order valence-corrected chi connectivity index (χ4v) is 2.59. The number of amides is 1. The Bertz CT molecular complexity index is 696. The van der Waals surface area contributed by atoms with Gasteiger partial charge in [0.2, 0.25) is 0 Å². The van der Waals surface area contributed by atoms with Gasteiger partial charge in [-0.2, -0.15) is 0 Å². The number of aryl methyl sites for hydroxylation is 2. The third kappa shape index (κ3) is 6.24. The minimum atomic E-state index is -0.363. The second-order valence-corrected chi connectivity index (χ2v) is 7.52. The first-order chi connectivity index (χ1) is 12.8. The molecule has 4 heteroatoms. The number of ether oxygens (including phenoxy) is 1. The van der Waals surface area contributed by atoms with E-state index in [0.717, 1.165) is 12.8 Å². The average Bonchev–Trinajstić information content (AvgIpc) is 2.70. The lowest BCUT2D eigenvalue weighted by molar-refractivity contribution is 0.0341. The SMILES string of the molecule is CCc1ccc(C(=O)NCC(C)(C)COC(=O)c2ccc(CC)cc2)cc1. The molecule has 2 aromatic carbocycles. The normalized spacial score (nSPS) is 11.1. The Kier molecular flexibility index (Phi) is 7.17. The summed E-state index contributed by atoms with van der Waals surface area (Å²) in [5.41, 5.74) is 3.20. The van der Waals surface area contributed by atoms with E-state index in [4.69, 9.17) is 4.74 Å². The number of esters is 1. The molecule has 0 aliphatic heterocycles. The Morgan fingerprint density at radius 2 is 1.33 bits per heavy atom. The van der Waals surface area contributed by atoms with Crippen molar-refractivity contribution in [2.75, 3.05) is 13.2 Å². The minimum Gasteiger partial charge on any atom is -0.461 e. The van der Waals surface area contributed by atoms with Crippen LogP contribution in [0.2, 0.25) is 0 Å². The van der Waals surface area contributed by atoms with E-state index in [1.807, 2.05) is 50.2 Å². The molecule has 0 unspecified atom stereocenters. The van der Waals surface area contributed by atoms with Gasteiger partial charge in [0.25, 0.3) is 5.91 Å². The minimum absolute atomic E-state index is 0.118. The second-order valence-electron chi connectivity index (χ2n) is 7.52. The molecule has 0 aromatic heterocycles. The molecule has 0 aliphatic carbocycles. The van der Waals surface area contributed by atoms with Gasteiger partial charge in [-0.1, -0.05) is 52.0 Å². The zero-order valence-electron chi connectivity index (χ0n) is 16.7. The highest BCUT2D eigenvalue weighted by atomic mass is 16.5. The van der Waals surface area contributed by atoms with Crippen LogP contribution in [0.25, 0.3) is 0 Å². The van der Waals surface area contributed by atoms with Crippen LogP contribution in [0.5, 0.6) is 0 Å². The first kappa shape index (κ1) is 20.7. The first-order valence-corrected chi connectivity index (χ1v) is 9.48. The van der Waals surface area contributed by atoms with Crippen molar-refractivity contribution < 1.29 is 14.3 Å². The predicted molar refractivity (Wildman–Crippen MR) is 108 cm³/mol. The van der Waals surface area contributed by atoms with Crippen molar-refractivity contribution in [3.05, 3.63) is 70.8 Å². The number of benzene rings is 2. The van der Waals surface area contributed by atoms with E-state index >= 15 is 0 Å². The Morgan fingerprint density at radius 1 is 0.852 bits per heavy atom. The molecular formula is C23H29NO3. The van der Waals surface area contributed by atoms with E-state index in [0.29, 0.717) is 17.7 Å². The quantitative estimate of drug-likeness (QED) is 0.703. The molecule has 4 nitrogen and oxygen atoms in total. The Morgan fingerprint density at radius 3 is 1.81 bits per heavy atom. The smallest absolute Gasteiger partial charge is 0.338 e. The van der Waals surface area contributed by atoms with Crippen LogP contribution in [0, 0.1) is 5.41 Å². The van der Waals surface area contributed by atoms with Crippen LogP contribution in [0.4, 0.5) is 0 Å². The summed E-state index contributed by atoms with van der Waals surface area (Å²) in [6, 6.07) is 15.0. The number of carbonyl (C=O) groups excluding carboxylic acids is 2. The topological polar surface area (TPSA) is 55.4 Å². The molecule has 1 N–H and O–H groups in total. The average molecular weight is 367 g/mol. The summed E-state index contributed by atoms with van der Waals surface area (Å²) in [5, 5.41) is 2.93. The lowest BCUT2D eigenvalue weighted by Gasteiger charge is -2.24. The van der Waals surface area contributed by atoms with Crippen molar-refractivity contribution in [2.45, 2.75) is 40.5 Å². The standard InChI is InChI=1S/C23H29NO3/c1-5-17-7-11-19(12-8-17)21(25)24-15-23(3,4)16-27-22(26)20-13-9-18(6-2)10-14-20/h7-14H,5-6,15-16H2,1-4H3,(H,24,25). The zero-order valence-corrected chi connectivity index (χ0v) is 16.7. The van der Waals surface area contributed by atoms with Crippen LogP contribution in [-0.2, 0) is 17.6 Å². The number of nitrogens with one attached hydrogen (secondary N) is 1. The molecule has 0 aliphatic rings. The summed E-state index contributed by atoms with van der Waals surface area (Å²) in [4.78, 5) is 24.5. The summed E-state index contributed by atoms with van der Waals surface area (Å²) < 4.78 is 5.44. The fourth-order valence-electron chi connectivity index (χ4n) is 2.59. The van der Waals surface area contributed by atoms with Crippen molar-refractivity contribution in [2.24, 2.45) is 5.41 Å². The Hall–Kier alpha value is -2.62. The van der Waals surface area contributed by atoms with E-state index in [-0.39, 0.29) is 23.9 Å². The molecule has 144 valence electrons. The van der Waals surface area contributed by atoms with Crippen molar-refractivity contribution in [1.82, 2.24) is 5.32 Å². The molecule has 2 aromatic rings. The van der Waals surface area contributed by atoms with Crippen LogP contribution in [-0.4, -0.2) is 25.0 Å². The maximum atomic E-state index is 12.3. The van der Waals surface area contributed by atoms with Gasteiger partial charge >= 0.3 is 5.97 Å². The zero-order chi connectivity index (χ0) is 19.9. The van der Waals surface area contributed by atoms with E-state index in [9.17, 15) is 9.59 Å².